The number of hydrogen-bond acceptors (Lipinski definition) is 3. The van der Waals surface area contributed by atoms with Crippen LogP contribution in [0.15, 0.2) is 35.3 Å². The molecule has 0 amide bonds. The van der Waals surface area contributed by atoms with Gasteiger partial charge in [-0.3, -0.25) is 4.99 Å². The third kappa shape index (κ3) is 6.39. The molecule has 124 valence electrons. The predicted molar refractivity (Wildman–Crippen MR) is 100 cm³/mol. The maximum Gasteiger partial charge on any atom is 0.194 e. The molecule has 2 rings (SSSR count). The summed E-state index contributed by atoms with van der Waals surface area (Å²) in [7, 11) is 0. The lowest BCUT2D eigenvalue weighted by molar-refractivity contribution is 0.187. The van der Waals surface area contributed by atoms with Crippen molar-refractivity contribution < 1.29 is 9.84 Å². The third-order valence-electron chi connectivity index (χ3n) is 3.37. The van der Waals surface area contributed by atoms with E-state index in [0.717, 1.165) is 44.2 Å². The van der Waals surface area contributed by atoms with Crippen molar-refractivity contribution in [1.29, 1.82) is 0 Å². The molecule has 5 nitrogen and oxygen atoms in total. The number of guanidine groups is 1. The highest BCUT2D eigenvalue weighted by Gasteiger charge is 2.22. The Morgan fingerprint density at radius 1 is 1.41 bits per heavy atom. The molecule has 2 N–H and O–H groups in total. The Labute approximate surface area is 149 Å². The number of benzene rings is 1. The maximum absolute atomic E-state index is 9.61. The van der Waals surface area contributed by atoms with Crippen LogP contribution in [0.2, 0.25) is 0 Å². The van der Waals surface area contributed by atoms with Gasteiger partial charge in [0.25, 0.3) is 0 Å². The molecule has 0 aliphatic carbocycles. The van der Waals surface area contributed by atoms with Gasteiger partial charge in [-0.1, -0.05) is 18.2 Å². The van der Waals surface area contributed by atoms with E-state index in [-0.39, 0.29) is 30.1 Å². The fourth-order valence-corrected chi connectivity index (χ4v) is 2.32. The van der Waals surface area contributed by atoms with Gasteiger partial charge in [-0.25, -0.2) is 0 Å². The summed E-state index contributed by atoms with van der Waals surface area (Å²) in [4.78, 5) is 6.72. The molecule has 0 bridgehead atoms. The van der Waals surface area contributed by atoms with Crippen molar-refractivity contribution in [2.24, 2.45) is 4.99 Å². The lowest BCUT2D eigenvalue weighted by atomic mass is 10.3. The van der Waals surface area contributed by atoms with E-state index in [9.17, 15) is 5.11 Å². The topological polar surface area (TPSA) is 57.1 Å². The highest BCUT2D eigenvalue weighted by molar-refractivity contribution is 14.0. The van der Waals surface area contributed by atoms with Gasteiger partial charge in [0.05, 0.1) is 12.7 Å². The van der Waals surface area contributed by atoms with Crippen LogP contribution in [0.3, 0.4) is 0 Å². The number of likely N-dealkylation sites (tertiary alicyclic amines) is 1. The summed E-state index contributed by atoms with van der Waals surface area (Å²) in [5, 5.41) is 12.9. The summed E-state index contributed by atoms with van der Waals surface area (Å²) >= 11 is 0. The van der Waals surface area contributed by atoms with Crippen molar-refractivity contribution in [3.8, 4) is 5.75 Å². The molecule has 1 aliphatic heterocycles. The van der Waals surface area contributed by atoms with E-state index in [1.165, 1.54) is 0 Å². The van der Waals surface area contributed by atoms with E-state index in [1.807, 2.05) is 30.3 Å². The second-order valence-electron chi connectivity index (χ2n) is 5.14. The first-order valence-electron chi connectivity index (χ1n) is 7.68. The zero-order chi connectivity index (χ0) is 14.9. The van der Waals surface area contributed by atoms with Gasteiger partial charge in [-0.2, -0.15) is 0 Å². The van der Waals surface area contributed by atoms with Gasteiger partial charge in [0, 0.05) is 32.6 Å². The van der Waals surface area contributed by atoms with Crippen molar-refractivity contribution in [3.63, 3.8) is 0 Å². The van der Waals surface area contributed by atoms with Gasteiger partial charge < -0.3 is 20.1 Å². The molecule has 1 fully saturated rings. The number of aliphatic hydroxyl groups is 1. The van der Waals surface area contributed by atoms with Gasteiger partial charge in [-0.15, -0.1) is 24.0 Å². The molecule has 1 aliphatic rings. The zero-order valence-electron chi connectivity index (χ0n) is 13.1. The number of para-hydroxylation sites is 1. The van der Waals surface area contributed by atoms with Crippen LogP contribution in [0.4, 0.5) is 0 Å². The second-order valence-corrected chi connectivity index (χ2v) is 5.14. The smallest absolute Gasteiger partial charge is 0.194 e. The van der Waals surface area contributed by atoms with E-state index in [0.29, 0.717) is 13.2 Å². The second kappa shape index (κ2) is 10.7. The molecule has 1 aromatic carbocycles. The average molecular weight is 419 g/mol. The van der Waals surface area contributed by atoms with Crippen LogP contribution in [-0.4, -0.2) is 54.9 Å². The van der Waals surface area contributed by atoms with Gasteiger partial charge in [-0.05, 0) is 25.5 Å². The van der Waals surface area contributed by atoms with Crippen molar-refractivity contribution >= 4 is 29.9 Å². The number of β-amino-alcohol motifs (C(OH)–C–C–N with tert-alkyl or cyclic N) is 1. The molecule has 1 saturated heterocycles. The Bertz CT molecular complexity index is 442. The fourth-order valence-electron chi connectivity index (χ4n) is 2.32. The summed E-state index contributed by atoms with van der Waals surface area (Å²) in [6, 6.07) is 9.83. The van der Waals surface area contributed by atoms with E-state index >= 15 is 0 Å². The summed E-state index contributed by atoms with van der Waals surface area (Å²) in [5.41, 5.74) is 0. The van der Waals surface area contributed by atoms with E-state index in [1.54, 1.807) is 0 Å². The SMILES string of the molecule is CCNC(=NCCCOc1ccccc1)N1CC[C@@H](O)C1.I. The molecule has 0 unspecified atom stereocenters. The molecule has 0 saturated carbocycles. The number of rotatable bonds is 6. The number of aliphatic hydroxyl groups excluding tert-OH is 1. The van der Waals surface area contributed by atoms with Crippen LogP contribution in [0.1, 0.15) is 19.8 Å². The van der Waals surface area contributed by atoms with E-state index in [4.69, 9.17) is 4.74 Å². The Morgan fingerprint density at radius 2 is 2.18 bits per heavy atom. The molecule has 0 aromatic heterocycles. The lowest BCUT2D eigenvalue weighted by Crippen LogP contribution is -2.40. The van der Waals surface area contributed by atoms with Gasteiger partial charge in [0.1, 0.15) is 5.75 Å². The summed E-state index contributed by atoms with van der Waals surface area (Å²) in [6.07, 6.45) is 1.47. The molecule has 6 heteroatoms. The lowest BCUT2D eigenvalue weighted by Gasteiger charge is -2.20. The zero-order valence-corrected chi connectivity index (χ0v) is 15.4. The standard InChI is InChI=1S/C16H25N3O2.HI/c1-2-17-16(19-11-9-14(20)13-19)18-10-6-12-21-15-7-4-3-5-8-15;/h3-5,7-8,14,20H,2,6,9-13H2,1H3,(H,17,18);1H/t14-;/m1./s1. The minimum Gasteiger partial charge on any atom is -0.494 e. The number of aliphatic imine (C=N–C) groups is 1. The quantitative estimate of drug-likeness (QED) is 0.321. The molecule has 1 atom stereocenters. The Hall–Kier alpha value is -1.02. The molecular formula is C16H26IN3O2. The first-order valence-corrected chi connectivity index (χ1v) is 7.68. The highest BCUT2D eigenvalue weighted by atomic mass is 127. The van der Waals surface area contributed by atoms with Crippen LogP contribution in [-0.2, 0) is 0 Å². The first-order chi connectivity index (χ1) is 10.3. The van der Waals surface area contributed by atoms with Crippen LogP contribution < -0.4 is 10.1 Å². The molecule has 0 radical (unpaired) electrons. The monoisotopic (exact) mass is 419 g/mol. The summed E-state index contributed by atoms with van der Waals surface area (Å²) in [5.74, 6) is 1.80. The van der Waals surface area contributed by atoms with Gasteiger partial charge >= 0.3 is 0 Å². The number of ether oxygens (including phenoxy) is 1. The first kappa shape index (κ1) is 19.0. The molecule has 1 aromatic rings. The van der Waals surface area contributed by atoms with Crippen LogP contribution in [0.25, 0.3) is 0 Å². The number of hydrogen-bond donors (Lipinski definition) is 2. The fraction of sp³-hybridized carbons (Fsp3) is 0.562. The van der Waals surface area contributed by atoms with Crippen LogP contribution >= 0.6 is 24.0 Å². The van der Waals surface area contributed by atoms with Crippen LogP contribution in [0.5, 0.6) is 5.75 Å². The van der Waals surface area contributed by atoms with E-state index < -0.39 is 0 Å². The van der Waals surface area contributed by atoms with E-state index in [2.05, 4.69) is 22.1 Å². The highest BCUT2D eigenvalue weighted by Crippen LogP contribution is 2.10. The molecule has 1 heterocycles. The largest absolute Gasteiger partial charge is 0.494 e. The van der Waals surface area contributed by atoms with Crippen LogP contribution in [0, 0.1) is 0 Å². The molecular weight excluding hydrogens is 393 g/mol. The minimum absolute atomic E-state index is 0. The molecule has 22 heavy (non-hydrogen) atoms. The Morgan fingerprint density at radius 3 is 2.82 bits per heavy atom. The van der Waals surface area contributed by atoms with Gasteiger partial charge in [0.15, 0.2) is 5.96 Å². The normalized spacial score (nSPS) is 18.0. The predicted octanol–water partition coefficient (Wildman–Crippen LogP) is 2.11. The van der Waals surface area contributed by atoms with Crippen molar-refractivity contribution in [1.82, 2.24) is 10.2 Å². The van der Waals surface area contributed by atoms with Gasteiger partial charge in [0.2, 0.25) is 0 Å². The number of nitrogens with one attached hydrogen (secondary N) is 1. The Kier molecular flexibility index (Phi) is 9.22. The number of halogens is 1. The molecule has 0 spiro atoms. The maximum atomic E-state index is 9.61. The minimum atomic E-state index is -0.227. The summed E-state index contributed by atoms with van der Waals surface area (Å²) in [6.45, 7) is 5.82. The number of nitrogens with zero attached hydrogens (tertiary/aromatic N) is 2. The summed E-state index contributed by atoms with van der Waals surface area (Å²) < 4.78 is 5.65. The van der Waals surface area contributed by atoms with Crippen molar-refractivity contribution in [2.75, 3.05) is 32.8 Å². The van der Waals surface area contributed by atoms with Crippen molar-refractivity contribution in [3.05, 3.63) is 30.3 Å². The Balaban J connectivity index is 0.00000242. The third-order valence-corrected chi connectivity index (χ3v) is 3.37. The average Bonchev–Trinajstić information content (AvgIpc) is 2.93. The van der Waals surface area contributed by atoms with Crippen molar-refractivity contribution in [2.45, 2.75) is 25.9 Å².